The van der Waals surface area contributed by atoms with E-state index in [2.05, 4.69) is 38.1 Å². The molecule has 0 saturated heterocycles. The van der Waals surface area contributed by atoms with Crippen molar-refractivity contribution in [2.75, 3.05) is 0 Å². The van der Waals surface area contributed by atoms with Gasteiger partial charge in [0.25, 0.3) is 6.71 Å². The summed E-state index contributed by atoms with van der Waals surface area (Å²) in [4.78, 5) is 0. The lowest BCUT2D eigenvalue weighted by Crippen LogP contribution is -2.58. The summed E-state index contributed by atoms with van der Waals surface area (Å²) in [7, 11) is 0. The molecule has 0 N–H and O–H groups in total. The minimum atomic E-state index is 0.176. The number of hydrogen-bond acceptors (Lipinski definition) is 2. The molecule has 2 aliphatic heterocycles. The van der Waals surface area contributed by atoms with Crippen LogP contribution in [0.1, 0.15) is 11.1 Å². The van der Waals surface area contributed by atoms with E-state index < -0.39 is 0 Å². The van der Waals surface area contributed by atoms with Gasteiger partial charge in [0.15, 0.2) is 0 Å². The van der Waals surface area contributed by atoms with Crippen LogP contribution in [0.25, 0.3) is 0 Å². The lowest BCUT2D eigenvalue weighted by molar-refractivity contribution is 0.464. The van der Waals surface area contributed by atoms with Crippen LogP contribution in [0.5, 0.6) is 23.0 Å². The van der Waals surface area contributed by atoms with Gasteiger partial charge in [-0.05, 0) is 54.6 Å². The first kappa shape index (κ1) is 12.8. The van der Waals surface area contributed by atoms with Crippen LogP contribution in [-0.2, 0) is 0 Å². The van der Waals surface area contributed by atoms with E-state index in [1.165, 1.54) is 22.1 Å². The molecule has 5 rings (SSSR count). The minimum Gasteiger partial charge on any atom is -0.458 e. The molecule has 2 aliphatic rings. The van der Waals surface area contributed by atoms with Crippen molar-refractivity contribution in [3.8, 4) is 23.0 Å². The molecule has 0 radical (unpaired) electrons. The van der Waals surface area contributed by atoms with Gasteiger partial charge in [0.2, 0.25) is 0 Å². The van der Waals surface area contributed by atoms with Crippen LogP contribution >= 0.6 is 0 Å². The monoisotopic (exact) mass is 298 g/mol. The van der Waals surface area contributed by atoms with Crippen molar-refractivity contribution in [2.45, 2.75) is 13.8 Å². The molecular formula is C20H15BO2. The molecule has 2 heterocycles. The summed E-state index contributed by atoms with van der Waals surface area (Å²) in [5.74, 6) is 3.71. The SMILES string of the molecule is Cc1cc(C)c2c(c1)Oc1cccc3c1B2c1ccccc1O3. The normalized spacial score (nSPS) is 13.4. The van der Waals surface area contributed by atoms with Gasteiger partial charge in [-0.15, -0.1) is 0 Å². The van der Waals surface area contributed by atoms with E-state index in [1.54, 1.807) is 0 Å². The van der Waals surface area contributed by atoms with E-state index in [1.807, 2.05) is 30.3 Å². The zero-order chi connectivity index (χ0) is 15.6. The molecule has 3 aromatic carbocycles. The van der Waals surface area contributed by atoms with E-state index in [0.29, 0.717) is 0 Å². The second kappa shape index (κ2) is 4.42. The van der Waals surface area contributed by atoms with Crippen molar-refractivity contribution in [1.82, 2.24) is 0 Å². The predicted octanol–water partition coefficient (Wildman–Crippen LogP) is 3.03. The summed E-state index contributed by atoms with van der Waals surface area (Å²) in [6.45, 7) is 4.46. The molecule has 0 unspecified atom stereocenters. The molecule has 23 heavy (non-hydrogen) atoms. The smallest absolute Gasteiger partial charge is 0.261 e. The summed E-state index contributed by atoms with van der Waals surface area (Å²) >= 11 is 0. The maximum Gasteiger partial charge on any atom is 0.261 e. The third kappa shape index (κ3) is 1.71. The largest absolute Gasteiger partial charge is 0.458 e. The van der Waals surface area contributed by atoms with Crippen LogP contribution in [0, 0.1) is 13.8 Å². The Morgan fingerprint density at radius 1 is 0.696 bits per heavy atom. The number of hydrogen-bond donors (Lipinski definition) is 0. The van der Waals surface area contributed by atoms with Gasteiger partial charge in [0.05, 0.1) is 0 Å². The summed E-state index contributed by atoms with van der Waals surface area (Å²) in [6, 6.07) is 18.7. The number of rotatable bonds is 0. The van der Waals surface area contributed by atoms with Gasteiger partial charge in [0.1, 0.15) is 23.0 Å². The second-order valence-electron chi connectivity index (χ2n) is 6.34. The van der Waals surface area contributed by atoms with Crippen LogP contribution in [0.3, 0.4) is 0 Å². The first-order valence-electron chi connectivity index (χ1n) is 7.91. The molecule has 0 saturated carbocycles. The summed E-state index contributed by atoms with van der Waals surface area (Å²) < 4.78 is 12.3. The minimum absolute atomic E-state index is 0.176. The molecule has 2 nitrogen and oxygen atoms in total. The third-order valence-electron chi connectivity index (χ3n) is 4.77. The van der Waals surface area contributed by atoms with Crippen molar-refractivity contribution in [1.29, 1.82) is 0 Å². The van der Waals surface area contributed by atoms with Crippen LogP contribution in [0.2, 0.25) is 0 Å². The third-order valence-corrected chi connectivity index (χ3v) is 4.77. The van der Waals surface area contributed by atoms with Gasteiger partial charge in [-0.3, -0.25) is 0 Å². The van der Waals surface area contributed by atoms with E-state index >= 15 is 0 Å². The Balaban J connectivity index is 1.88. The van der Waals surface area contributed by atoms with Crippen LogP contribution in [0.4, 0.5) is 0 Å². The van der Waals surface area contributed by atoms with Crippen molar-refractivity contribution >= 4 is 23.1 Å². The number of benzene rings is 3. The van der Waals surface area contributed by atoms with Crippen molar-refractivity contribution in [2.24, 2.45) is 0 Å². The number of ether oxygens (including phenoxy) is 2. The van der Waals surface area contributed by atoms with E-state index in [-0.39, 0.29) is 6.71 Å². The molecule has 3 aromatic rings. The standard InChI is InChI=1S/C20H15BO2/c1-12-10-13(2)19-18(11-12)23-17-9-5-8-16-20(17)21(19)14-6-3-4-7-15(14)22-16/h3-11H,1-2H3. The van der Waals surface area contributed by atoms with Gasteiger partial charge in [-0.2, -0.15) is 0 Å². The van der Waals surface area contributed by atoms with Gasteiger partial charge >= 0.3 is 0 Å². The molecule has 0 aliphatic carbocycles. The number of aryl methyl sites for hydroxylation is 2. The molecule has 3 heteroatoms. The molecule has 0 aromatic heterocycles. The summed E-state index contributed by atoms with van der Waals surface area (Å²) in [6.07, 6.45) is 0. The Morgan fingerprint density at radius 3 is 2.22 bits per heavy atom. The number of para-hydroxylation sites is 1. The maximum absolute atomic E-state index is 6.22. The zero-order valence-electron chi connectivity index (χ0n) is 13.1. The Morgan fingerprint density at radius 2 is 1.39 bits per heavy atom. The van der Waals surface area contributed by atoms with Gasteiger partial charge in [-0.1, -0.05) is 35.9 Å². The van der Waals surface area contributed by atoms with E-state index in [4.69, 9.17) is 9.47 Å². The Bertz CT molecular complexity index is 962. The van der Waals surface area contributed by atoms with Gasteiger partial charge < -0.3 is 9.47 Å². The van der Waals surface area contributed by atoms with E-state index in [0.717, 1.165) is 28.5 Å². The molecule has 0 bridgehead atoms. The van der Waals surface area contributed by atoms with Crippen molar-refractivity contribution < 1.29 is 9.47 Å². The van der Waals surface area contributed by atoms with Crippen molar-refractivity contribution in [3.05, 3.63) is 65.7 Å². The predicted molar refractivity (Wildman–Crippen MR) is 93.6 cm³/mol. The highest BCUT2D eigenvalue weighted by molar-refractivity contribution is 6.98. The number of fused-ring (bicyclic) bond motifs is 4. The van der Waals surface area contributed by atoms with Gasteiger partial charge in [0, 0.05) is 5.46 Å². The van der Waals surface area contributed by atoms with Crippen LogP contribution < -0.4 is 25.9 Å². The highest BCUT2D eigenvalue weighted by atomic mass is 16.5. The maximum atomic E-state index is 6.22. The van der Waals surface area contributed by atoms with Crippen LogP contribution in [-0.4, -0.2) is 6.71 Å². The molecule has 0 atom stereocenters. The zero-order valence-corrected chi connectivity index (χ0v) is 13.1. The molecule has 0 spiro atoms. The lowest BCUT2D eigenvalue weighted by Gasteiger charge is -2.33. The Kier molecular flexibility index (Phi) is 2.46. The molecular weight excluding hydrogens is 283 g/mol. The van der Waals surface area contributed by atoms with Crippen LogP contribution in [0.15, 0.2) is 54.6 Å². The Hall–Kier alpha value is -2.68. The fourth-order valence-corrected chi connectivity index (χ4v) is 3.88. The first-order valence-corrected chi connectivity index (χ1v) is 7.91. The fourth-order valence-electron chi connectivity index (χ4n) is 3.88. The Labute approximate surface area is 135 Å². The van der Waals surface area contributed by atoms with Gasteiger partial charge in [-0.25, -0.2) is 0 Å². The highest BCUT2D eigenvalue weighted by Crippen LogP contribution is 2.34. The highest BCUT2D eigenvalue weighted by Gasteiger charge is 2.40. The molecule has 0 fully saturated rings. The first-order chi connectivity index (χ1) is 11.2. The van der Waals surface area contributed by atoms with Crippen molar-refractivity contribution in [3.63, 3.8) is 0 Å². The second-order valence-corrected chi connectivity index (χ2v) is 6.34. The molecule has 0 amide bonds. The van der Waals surface area contributed by atoms with E-state index in [9.17, 15) is 0 Å². The fraction of sp³-hybridized carbons (Fsp3) is 0.100. The topological polar surface area (TPSA) is 18.5 Å². The molecule has 110 valence electrons. The lowest BCUT2D eigenvalue weighted by atomic mass is 9.34. The summed E-state index contributed by atoms with van der Waals surface area (Å²) in [5.41, 5.74) is 6.10. The summed E-state index contributed by atoms with van der Waals surface area (Å²) in [5, 5.41) is 0. The average Bonchev–Trinajstić information content (AvgIpc) is 2.54. The average molecular weight is 298 g/mol. The quantitative estimate of drug-likeness (QED) is 0.409.